The molecule has 3 rings (SSSR count). The molecular formula is C16H13N3OS2. The van der Waals surface area contributed by atoms with Gasteiger partial charge in [-0.15, -0.1) is 0 Å². The Morgan fingerprint density at radius 3 is 2.14 bits per heavy atom. The molecule has 0 fully saturated rings. The van der Waals surface area contributed by atoms with E-state index in [0.29, 0.717) is 10.4 Å². The molecule has 0 aliphatic carbocycles. The summed E-state index contributed by atoms with van der Waals surface area (Å²) in [6.07, 6.45) is 0. The van der Waals surface area contributed by atoms with Crippen LogP contribution in [0.4, 0.5) is 0 Å². The molecule has 1 heterocycles. The molecule has 1 amide bonds. The Balaban J connectivity index is 2.15. The number of carbonyl (C=O) groups excluding carboxylic acids is 1. The van der Waals surface area contributed by atoms with Crippen molar-refractivity contribution in [3.05, 3.63) is 75.8 Å². The number of aromatic nitrogens is 1. The summed E-state index contributed by atoms with van der Waals surface area (Å²) in [5, 5.41) is 0. The Hall–Kier alpha value is -2.31. The van der Waals surface area contributed by atoms with Gasteiger partial charge in [-0.2, -0.15) is 4.99 Å². The summed E-state index contributed by atoms with van der Waals surface area (Å²) in [5.74, 6) is -0.248. The van der Waals surface area contributed by atoms with Crippen LogP contribution in [0, 0.1) is 0 Å². The highest BCUT2D eigenvalue weighted by molar-refractivity contribution is 7.67. The van der Waals surface area contributed by atoms with Crippen LogP contribution in [0.3, 0.4) is 0 Å². The van der Waals surface area contributed by atoms with Gasteiger partial charge in [-0.25, -0.2) is 0 Å². The van der Waals surface area contributed by atoms with Crippen LogP contribution < -0.4 is 9.60 Å². The van der Waals surface area contributed by atoms with Crippen molar-refractivity contribution in [2.24, 2.45) is 9.98 Å². The lowest BCUT2D eigenvalue weighted by Gasteiger charge is -2.01. The Bertz CT molecular complexity index is 906. The van der Waals surface area contributed by atoms with Gasteiger partial charge in [-0.05, 0) is 44.9 Å². The van der Waals surface area contributed by atoms with Crippen LogP contribution in [0.1, 0.15) is 10.4 Å². The molecule has 6 heteroatoms. The summed E-state index contributed by atoms with van der Waals surface area (Å²) < 4.78 is 1.90. The van der Waals surface area contributed by atoms with E-state index in [2.05, 4.69) is 9.98 Å². The van der Waals surface area contributed by atoms with Crippen molar-refractivity contribution < 1.29 is 4.79 Å². The second-order valence-corrected chi connectivity index (χ2v) is 6.47. The predicted molar refractivity (Wildman–Crippen MR) is 89.3 cm³/mol. The topological polar surface area (TPSA) is 46.7 Å². The number of para-hydroxylation sites is 1. The summed E-state index contributed by atoms with van der Waals surface area (Å²) in [7, 11) is 4.68. The van der Waals surface area contributed by atoms with Crippen LogP contribution in [0.2, 0.25) is 0 Å². The molecule has 0 aliphatic heterocycles. The van der Waals surface area contributed by atoms with Gasteiger partial charge in [0.25, 0.3) is 5.91 Å². The van der Waals surface area contributed by atoms with Gasteiger partial charge < -0.3 is 0 Å². The molecule has 1 aromatic heterocycles. The highest BCUT2D eigenvalue weighted by atomic mass is 32.9. The molecule has 0 aliphatic rings. The van der Waals surface area contributed by atoms with Crippen LogP contribution in [-0.4, -0.2) is 17.5 Å². The van der Waals surface area contributed by atoms with Crippen LogP contribution in [-0.2, 0) is 0 Å². The van der Waals surface area contributed by atoms with Crippen molar-refractivity contribution in [3.63, 3.8) is 0 Å². The molecule has 3 aromatic rings. The van der Waals surface area contributed by atoms with Crippen molar-refractivity contribution in [2.45, 2.75) is 0 Å². The Morgan fingerprint density at radius 1 is 0.909 bits per heavy atom. The fourth-order valence-electron chi connectivity index (χ4n) is 1.97. The number of benzene rings is 2. The summed E-state index contributed by atoms with van der Waals surface area (Å²) in [6, 6.07) is 18.9. The smallest absolute Gasteiger partial charge is 0.267 e. The van der Waals surface area contributed by atoms with Crippen molar-refractivity contribution >= 4 is 26.6 Å². The highest BCUT2D eigenvalue weighted by Crippen LogP contribution is 2.06. The van der Waals surface area contributed by atoms with Crippen LogP contribution in [0.15, 0.2) is 70.6 Å². The first-order chi connectivity index (χ1) is 10.8. The first-order valence-electron chi connectivity index (χ1n) is 6.64. The summed E-state index contributed by atoms with van der Waals surface area (Å²) in [4.78, 5) is 22.3. The van der Waals surface area contributed by atoms with Gasteiger partial charge in [0.05, 0.1) is 5.69 Å². The molecule has 0 saturated heterocycles. The third-order valence-electron chi connectivity index (χ3n) is 3.00. The molecule has 4 nitrogen and oxygen atoms in total. The van der Waals surface area contributed by atoms with Gasteiger partial charge >= 0.3 is 0 Å². The van der Waals surface area contributed by atoms with Crippen molar-refractivity contribution in [1.29, 1.82) is 0 Å². The highest BCUT2D eigenvalue weighted by Gasteiger charge is 2.07. The lowest BCUT2D eigenvalue weighted by Crippen LogP contribution is -2.25. The van der Waals surface area contributed by atoms with Crippen LogP contribution >= 0.6 is 20.7 Å². The zero-order valence-electron chi connectivity index (χ0n) is 11.8. The molecule has 0 unspecified atom stereocenters. The maximum atomic E-state index is 12.3. The van der Waals surface area contributed by atoms with E-state index >= 15 is 0 Å². The monoisotopic (exact) mass is 327 g/mol. The quantitative estimate of drug-likeness (QED) is 0.668. The molecule has 0 spiro atoms. The normalized spacial score (nSPS) is 12.6. The molecule has 22 heavy (non-hydrogen) atoms. The Kier molecular flexibility index (Phi) is 4.41. The zero-order valence-corrected chi connectivity index (χ0v) is 13.5. The first-order valence-corrected chi connectivity index (χ1v) is 8.79. The lowest BCUT2D eigenvalue weighted by molar-refractivity contribution is 0.0998. The SMILES string of the molecule is CN=c1ssc(=NC(=O)c2ccccc2)n1-c1ccccc1. The van der Waals surface area contributed by atoms with Gasteiger partial charge in [-0.1, -0.05) is 36.4 Å². The zero-order chi connectivity index (χ0) is 15.4. The number of rotatable bonds is 2. The molecule has 2 aromatic carbocycles. The van der Waals surface area contributed by atoms with Crippen molar-refractivity contribution in [1.82, 2.24) is 4.57 Å². The number of hydrogen-bond acceptors (Lipinski definition) is 4. The number of carbonyl (C=O) groups is 1. The number of amides is 1. The fraction of sp³-hybridized carbons (Fsp3) is 0.0625. The van der Waals surface area contributed by atoms with Gasteiger partial charge in [0.15, 0.2) is 0 Å². The molecule has 0 radical (unpaired) electrons. The van der Waals surface area contributed by atoms with E-state index < -0.39 is 0 Å². The largest absolute Gasteiger partial charge is 0.279 e. The molecule has 0 saturated carbocycles. The molecule has 0 N–H and O–H groups in total. The van der Waals surface area contributed by atoms with Gasteiger partial charge in [-0.3, -0.25) is 14.4 Å². The van der Waals surface area contributed by atoms with E-state index in [-0.39, 0.29) is 5.91 Å². The second-order valence-electron chi connectivity index (χ2n) is 4.41. The number of nitrogens with zero attached hydrogens (tertiary/aromatic N) is 3. The van der Waals surface area contributed by atoms with Crippen molar-refractivity contribution in [2.75, 3.05) is 7.05 Å². The van der Waals surface area contributed by atoms with E-state index in [1.807, 2.05) is 53.1 Å². The third-order valence-corrected chi connectivity index (χ3v) is 5.16. The van der Waals surface area contributed by atoms with Crippen molar-refractivity contribution in [3.8, 4) is 5.69 Å². The summed E-state index contributed by atoms with van der Waals surface area (Å²) in [5.41, 5.74) is 1.52. The van der Waals surface area contributed by atoms with E-state index in [4.69, 9.17) is 0 Å². The Labute approximate surface area is 134 Å². The van der Waals surface area contributed by atoms with Gasteiger partial charge in [0.1, 0.15) is 0 Å². The minimum atomic E-state index is -0.248. The molecule has 0 atom stereocenters. The minimum absolute atomic E-state index is 0.248. The predicted octanol–water partition coefficient (Wildman–Crippen LogP) is 2.87. The van der Waals surface area contributed by atoms with Crippen LogP contribution in [0.5, 0.6) is 0 Å². The second kappa shape index (κ2) is 6.64. The summed E-state index contributed by atoms with van der Waals surface area (Å²) in [6.45, 7) is 0. The molecular weight excluding hydrogens is 314 g/mol. The summed E-state index contributed by atoms with van der Waals surface area (Å²) >= 11 is 0. The molecule has 0 bridgehead atoms. The standard InChI is InChI=1S/C16H13N3OS2/c1-17-15-19(13-10-6-3-7-11-13)16(22-21-15)18-14(20)12-8-4-2-5-9-12/h2-11H,1H3. The minimum Gasteiger partial charge on any atom is -0.267 e. The maximum Gasteiger partial charge on any atom is 0.279 e. The maximum absolute atomic E-state index is 12.3. The van der Waals surface area contributed by atoms with Gasteiger partial charge in [0.2, 0.25) is 9.60 Å². The first kappa shape index (κ1) is 14.6. The van der Waals surface area contributed by atoms with Crippen LogP contribution in [0.25, 0.3) is 5.69 Å². The average Bonchev–Trinajstić information content (AvgIpc) is 2.99. The fourth-order valence-corrected chi connectivity index (χ4v) is 4.13. The third kappa shape index (κ3) is 2.98. The van der Waals surface area contributed by atoms with E-state index in [1.54, 1.807) is 19.2 Å². The molecule has 110 valence electrons. The lowest BCUT2D eigenvalue weighted by atomic mass is 10.2. The van der Waals surface area contributed by atoms with E-state index in [9.17, 15) is 4.79 Å². The van der Waals surface area contributed by atoms with E-state index in [0.717, 1.165) is 10.5 Å². The van der Waals surface area contributed by atoms with Gasteiger partial charge in [0, 0.05) is 12.6 Å². The average molecular weight is 327 g/mol. The van der Waals surface area contributed by atoms with E-state index in [1.165, 1.54) is 20.7 Å². The Morgan fingerprint density at radius 2 is 1.50 bits per heavy atom. The number of hydrogen-bond donors (Lipinski definition) is 0.